The fourth-order valence-corrected chi connectivity index (χ4v) is 1.84. The first-order valence-electron chi connectivity index (χ1n) is 4.85. The average molecular weight is 168 g/mol. The lowest BCUT2D eigenvalue weighted by atomic mass is 10.0. The summed E-state index contributed by atoms with van der Waals surface area (Å²) in [6.45, 7) is 4.19. The van der Waals surface area contributed by atoms with E-state index in [0.29, 0.717) is 5.91 Å². The third kappa shape index (κ3) is 1.61. The van der Waals surface area contributed by atoms with Crippen molar-refractivity contribution in [2.75, 3.05) is 26.2 Å². The molecule has 0 aromatic carbocycles. The summed E-state index contributed by atoms with van der Waals surface area (Å²) in [5.41, 5.74) is 0. The molecule has 2 aliphatic heterocycles. The zero-order valence-electron chi connectivity index (χ0n) is 7.38. The van der Waals surface area contributed by atoms with Gasteiger partial charge < -0.3 is 10.2 Å². The minimum atomic E-state index is 0.369. The number of nitrogens with zero attached hydrogens (tertiary/aromatic N) is 1. The third-order valence-electron chi connectivity index (χ3n) is 2.77. The standard InChI is InChI=1S/C9H16N2O/c12-9-3-1-2-4-11(9)7-8-5-10-6-8/h8,10H,1-7H2. The van der Waals surface area contributed by atoms with Crippen LogP contribution in [-0.4, -0.2) is 37.0 Å². The topological polar surface area (TPSA) is 32.3 Å². The van der Waals surface area contributed by atoms with E-state index in [1.165, 1.54) is 6.42 Å². The van der Waals surface area contributed by atoms with Crippen molar-refractivity contribution >= 4 is 5.91 Å². The Morgan fingerprint density at radius 2 is 2.25 bits per heavy atom. The zero-order valence-corrected chi connectivity index (χ0v) is 7.38. The maximum Gasteiger partial charge on any atom is 0.222 e. The van der Waals surface area contributed by atoms with Crippen LogP contribution in [0.5, 0.6) is 0 Å². The number of hydrogen-bond donors (Lipinski definition) is 1. The molecule has 1 amide bonds. The number of hydrogen-bond acceptors (Lipinski definition) is 2. The van der Waals surface area contributed by atoms with E-state index < -0.39 is 0 Å². The van der Waals surface area contributed by atoms with Crippen LogP contribution in [-0.2, 0) is 4.79 Å². The molecule has 2 heterocycles. The predicted molar refractivity (Wildman–Crippen MR) is 46.8 cm³/mol. The van der Waals surface area contributed by atoms with Crippen molar-refractivity contribution in [2.45, 2.75) is 19.3 Å². The highest BCUT2D eigenvalue weighted by molar-refractivity contribution is 5.76. The number of amides is 1. The van der Waals surface area contributed by atoms with Crippen LogP contribution in [0.25, 0.3) is 0 Å². The van der Waals surface area contributed by atoms with Gasteiger partial charge >= 0.3 is 0 Å². The summed E-state index contributed by atoms with van der Waals surface area (Å²) in [6.07, 6.45) is 3.07. The maximum absolute atomic E-state index is 11.4. The van der Waals surface area contributed by atoms with E-state index in [-0.39, 0.29) is 0 Å². The Morgan fingerprint density at radius 1 is 1.42 bits per heavy atom. The molecule has 1 N–H and O–H groups in total. The Balaban J connectivity index is 1.80. The van der Waals surface area contributed by atoms with Gasteiger partial charge in [-0.15, -0.1) is 0 Å². The van der Waals surface area contributed by atoms with Crippen molar-refractivity contribution in [2.24, 2.45) is 5.92 Å². The van der Waals surface area contributed by atoms with Crippen molar-refractivity contribution in [3.05, 3.63) is 0 Å². The molecule has 0 bridgehead atoms. The van der Waals surface area contributed by atoms with Crippen LogP contribution in [0.15, 0.2) is 0 Å². The van der Waals surface area contributed by atoms with Crippen LogP contribution in [0.4, 0.5) is 0 Å². The van der Waals surface area contributed by atoms with Gasteiger partial charge in [-0.05, 0) is 12.8 Å². The molecule has 0 unspecified atom stereocenters. The highest BCUT2D eigenvalue weighted by Crippen LogP contribution is 2.14. The van der Waals surface area contributed by atoms with Gasteiger partial charge in [-0.2, -0.15) is 0 Å². The van der Waals surface area contributed by atoms with Gasteiger partial charge in [-0.1, -0.05) is 0 Å². The Labute approximate surface area is 73.1 Å². The summed E-state index contributed by atoms with van der Waals surface area (Å²) in [5.74, 6) is 1.10. The second-order valence-corrected chi connectivity index (χ2v) is 3.82. The minimum Gasteiger partial charge on any atom is -0.342 e. The smallest absolute Gasteiger partial charge is 0.222 e. The van der Waals surface area contributed by atoms with Gasteiger partial charge in [-0.25, -0.2) is 0 Å². The average Bonchev–Trinajstić information content (AvgIpc) is 2.00. The number of nitrogens with one attached hydrogen (secondary N) is 1. The monoisotopic (exact) mass is 168 g/mol. The molecular formula is C9H16N2O. The van der Waals surface area contributed by atoms with E-state index >= 15 is 0 Å². The van der Waals surface area contributed by atoms with E-state index in [0.717, 1.165) is 44.9 Å². The Morgan fingerprint density at radius 3 is 2.83 bits per heavy atom. The first kappa shape index (κ1) is 8.05. The van der Waals surface area contributed by atoms with E-state index in [2.05, 4.69) is 5.32 Å². The van der Waals surface area contributed by atoms with Crippen molar-refractivity contribution in [1.29, 1.82) is 0 Å². The van der Waals surface area contributed by atoms with Gasteiger partial charge in [-0.3, -0.25) is 4.79 Å². The van der Waals surface area contributed by atoms with E-state index in [9.17, 15) is 4.79 Å². The lowest BCUT2D eigenvalue weighted by molar-refractivity contribution is -0.134. The van der Waals surface area contributed by atoms with Gasteiger partial charge in [0.25, 0.3) is 0 Å². The van der Waals surface area contributed by atoms with Gasteiger partial charge in [0, 0.05) is 38.5 Å². The van der Waals surface area contributed by atoms with Gasteiger partial charge in [0.2, 0.25) is 5.91 Å². The highest BCUT2D eigenvalue weighted by atomic mass is 16.2. The fraction of sp³-hybridized carbons (Fsp3) is 0.889. The molecule has 2 fully saturated rings. The summed E-state index contributed by atoms with van der Waals surface area (Å²) in [7, 11) is 0. The normalized spacial score (nSPS) is 25.7. The molecule has 12 heavy (non-hydrogen) atoms. The summed E-state index contributed by atoms with van der Waals surface area (Å²) in [4.78, 5) is 13.4. The maximum atomic E-state index is 11.4. The fourth-order valence-electron chi connectivity index (χ4n) is 1.84. The van der Waals surface area contributed by atoms with Crippen LogP contribution in [0.1, 0.15) is 19.3 Å². The van der Waals surface area contributed by atoms with E-state index in [4.69, 9.17) is 0 Å². The summed E-state index contributed by atoms with van der Waals surface area (Å²) in [5, 5.41) is 3.23. The number of likely N-dealkylation sites (tertiary alicyclic amines) is 1. The molecule has 3 heteroatoms. The lowest BCUT2D eigenvalue weighted by Crippen LogP contribution is -2.50. The molecule has 68 valence electrons. The predicted octanol–water partition coefficient (Wildman–Crippen LogP) is 0.218. The van der Waals surface area contributed by atoms with Crippen LogP contribution >= 0.6 is 0 Å². The van der Waals surface area contributed by atoms with Crippen molar-refractivity contribution in [1.82, 2.24) is 10.2 Å². The number of carbonyl (C=O) groups is 1. The van der Waals surface area contributed by atoms with Gasteiger partial charge in [0.15, 0.2) is 0 Å². The molecule has 0 saturated carbocycles. The molecule has 0 atom stereocenters. The van der Waals surface area contributed by atoms with Crippen molar-refractivity contribution in [3.8, 4) is 0 Å². The molecule has 0 radical (unpaired) electrons. The molecule has 0 aromatic rings. The van der Waals surface area contributed by atoms with Crippen LogP contribution < -0.4 is 5.32 Å². The molecule has 2 saturated heterocycles. The molecule has 3 nitrogen and oxygen atoms in total. The first-order chi connectivity index (χ1) is 5.86. The highest BCUT2D eigenvalue weighted by Gasteiger charge is 2.24. The van der Waals surface area contributed by atoms with Crippen LogP contribution in [0.2, 0.25) is 0 Å². The van der Waals surface area contributed by atoms with Crippen LogP contribution in [0.3, 0.4) is 0 Å². The molecular weight excluding hydrogens is 152 g/mol. The zero-order chi connectivity index (χ0) is 8.39. The summed E-state index contributed by atoms with van der Waals surface area (Å²) >= 11 is 0. The molecule has 0 spiro atoms. The molecule has 2 aliphatic rings. The first-order valence-corrected chi connectivity index (χ1v) is 4.85. The van der Waals surface area contributed by atoms with E-state index in [1.807, 2.05) is 4.90 Å². The van der Waals surface area contributed by atoms with Gasteiger partial charge in [0.1, 0.15) is 0 Å². The minimum absolute atomic E-state index is 0.369. The molecule has 2 rings (SSSR count). The van der Waals surface area contributed by atoms with Crippen LogP contribution in [0, 0.1) is 5.92 Å². The second kappa shape index (κ2) is 3.44. The van der Waals surface area contributed by atoms with E-state index in [1.54, 1.807) is 0 Å². The van der Waals surface area contributed by atoms with Crippen molar-refractivity contribution in [3.63, 3.8) is 0 Å². The number of carbonyl (C=O) groups excluding carboxylic acids is 1. The Kier molecular flexibility index (Phi) is 2.30. The van der Waals surface area contributed by atoms with Crippen molar-refractivity contribution < 1.29 is 4.79 Å². The van der Waals surface area contributed by atoms with Gasteiger partial charge in [0.05, 0.1) is 0 Å². The second-order valence-electron chi connectivity index (χ2n) is 3.82. The molecule has 0 aromatic heterocycles. The largest absolute Gasteiger partial charge is 0.342 e. The molecule has 0 aliphatic carbocycles. The third-order valence-corrected chi connectivity index (χ3v) is 2.77. The quantitative estimate of drug-likeness (QED) is 0.639. The summed E-state index contributed by atoms with van der Waals surface area (Å²) in [6, 6.07) is 0. The number of piperidine rings is 1. The Hall–Kier alpha value is -0.570. The summed E-state index contributed by atoms with van der Waals surface area (Å²) < 4.78 is 0. The number of rotatable bonds is 2. The Bertz CT molecular complexity index is 177. The SMILES string of the molecule is O=C1CCCCN1CC1CNC1. The lowest BCUT2D eigenvalue weighted by Gasteiger charge is -2.35.